The van der Waals surface area contributed by atoms with Crippen LogP contribution in [0.15, 0.2) is 42.5 Å². The van der Waals surface area contributed by atoms with Gasteiger partial charge < -0.3 is 5.73 Å². The fraction of sp³-hybridized carbons (Fsp3) is 0.250. The van der Waals surface area contributed by atoms with Crippen LogP contribution in [0.4, 0.5) is 5.69 Å². The van der Waals surface area contributed by atoms with E-state index in [1.165, 1.54) is 22.3 Å². The summed E-state index contributed by atoms with van der Waals surface area (Å²) in [6.07, 6.45) is 0. The fourth-order valence-corrected chi connectivity index (χ4v) is 2.99. The largest absolute Gasteiger partial charge is 0.399 e. The van der Waals surface area contributed by atoms with Crippen LogP contribution in [0.1, 0.15) is 22.3 Å². The van der Waals surface area contributed by atoms with Crippen LogP contribution in [-0.2, 0) is 11.5 Å². The highest BCUT2D eigenvalue weighted by atomic mass is 32.2. The lowest BCUT2D eigenvalue weighted by molar-refractivity contribution is 1.29. The first-order valence-corrected chi connectivity index (χ1v) is 7.29. The Kier molecular flexibility index (Phi) is 4.32. The molecule has 0 spiro atoms. The molecule has 18 heavy (non-hydrogen) atoms. The number of hydrogen-bond donors (Lipinski definition) is 1. The van der Waals surface area contributed by atoms with Crippen LogP contribution >= 0.6 is 11.8 Å². The average Bonchev–Trinajstić information content (AvgIpc) is 2.35. The Morgan fingerprint density at radius 1 is 1.00 bits per heavy atom. The van der Waals surface area contributed by atoms with Gasteiger partial charge in [0.1, 0.15) is 0 Å². The van der Waals surface area contributed by atoms with Crippen molar-refractivity contribution in [3.63, 3.8) is 0 Å². The molecule has 0 amide bonds. The van der Waals surface area contributed by atoms with E-state index in [1.807, 2.05) is 23.9 Å². The summed E-state index contributed by atoms with van der Waals surface area (Å²) in [7, 11) is 0. The molecule has 0 atom stereocenters. The molecule has 1 nitrogen and oxygen atoms in total. The first-order chi connectivity index (χ1) is 8.66. The van der Waals surface area contributed by atoms with Crippen molar-refractivity contribution < 1.29 is 0 Å². The van der Waals surface area contributed by atoms with Crippen molar-refractivity contribution in [2.45, 2.75) is 25.4 Å². The van der Waals surface area contributed by atoms with Crippen LogP contribution in [0, 0.1) is 13.8 Å². The molecule has 0 aliphatic carbocycles. The van der Waals surface area contributed by atoms with Gasteiger partial charge in [-0.05, 0) is 36.6 Å². The summed E-state index contributed by atoms with van der Waals surface area (Å²) < 4.78 is 0. The summed E-state index contributed by atoms with van der Waals surface area (Å²) in [5, 5.41) is 0. The van der Waals surface area contributed by atoms with E-state index in [9.17, 15) is 0 Å². The summed E-state index contributed by atoms with van der Waals surface area (Å²) in [4.78, 5) is 0. The highest BCUT2D eigenvalue weighted by molar-refractivity contribution is 7.97. The van der Waals surface area contributed by atoms with Crippen molar-refractivity contribution in [3.05, 3.63) is 64.7 Å². The smallest absolute Gasteiger partial charge is 0.0346 e. The van der Waals surface area contributed by atoms with Crippen LogP contribution in [-0.4, -0.2) is 0 Å². The molecule has 0 aliphatic rings. The molecule has 2 rings (SSSR count). The van der Waals surface area contributed by atoms with Gasteiger partial charge in [-0.25, -0.2) is 0 Å². The second-order valence-electron chi connectivity index (χ2n) is 4.61. The molecule has 2 heteroatoms. The zero-order valence-corrected chi connectivity index (χ0v) is 11.8. The van der Waals surface area contributed by atoms with E-state index >= 15 is 0 Å². The molecule has 0 saturated heterocycles. The van der Waals surface area contributed by atoms with Crippen LogP contribution in [0.2, 0.25) is 0 Å². The molecule has 0 saturated carbocycles. The van der Waals surface area contributed by atoms with Gasteiger partial charge in [-0.2, -0.15) is 11.8 Å². The maximum absolute atomic E-state index is 5.91. The van der Waals surface area contributed by atoms with E-state index in [2.05, 4.69) is 44.2 Å². The number of rotatable bonds is 4. The topological polar surface area (TPSA) is 26.0 Å². The third-order valence-corrected chi connectivity index (χ3v) is 4.15. The van der Waals surface area contributed by atoms with Crippen molar-refractivity contribution in [3.8, 4) is 0 Å². The van der Waals surface area contributed by atoms with Crippen molar-refractivity contribution in [1.82, 2.24) is 0 Å². The van der Waals surface area contributed by atoms with Crippen molar-refractivity contribution in [2.24, 2.45) is 0 Å². The standard InChI is InChI=1S/C16H19NS/c1-12-5-3-6-14(9-12)10-18-11-15-7-4-8-16(17)13(15)2/h3-9H,10-11,17H2,1-2H3. The van der Waals surface area contributed by atoms with Crippen molar-refractivity contribution in [2.75, 3.05) is 5.73 Å². The van der Waals surface area contributed by atoms with E-state index < -0.39 is 0 Å². The van der Waals surface area contributed by atoms with E-state index in [1.54, 1.807) is 0 Å². The number of thioether (sulfide) groups is 1. The van der Waals surface area contributed by atoms with Gasteiger partial charge in [-0.1, -0.05) is 42.0 Å². The zero-order chi connectivity index (χ0) is 13.0. The van der Waals surface area contributed by atoms with Gasteiger partial charge in [0, 0.05) is 17.2 Å². The minimum absolute atomic E-state index is 0.892. The minimum atomic E-state index is 0.892. The predicted molar refractivity (Wildman–Crippen MR) is 81.8 cm³/mol. The highest BCUT2D eigenvalue weighted by Gasteiger charge is 2.01. The number of nitrogens with two attached hydrogens (primary N) is 1. The molecule has 0 bridgehead atoms. The molecule has 0 heterocycles. The summed E-state index contributed by atoms with van der Waals surface area (Å²) in [6.45, 7) is 4.23. The first kappa shape index (κ1) is 13.0. The van der Waals surface area contributed by atoms with Gasteiger partial charge in [-0.15, -0.1) is 0 Å². The molecule has 0 unspecified atom stereocenters. The fourth-order valence-electron chi connectivity index (χ4n) is 1.94. The van der Waals surface area contributed by atoms with Crippen LogP contribution in [0.3, 0.4) is 0 Å². The molecule has 2 aromatic rings. The average molecular weight is 257 g/mol. The Balaban J connectivity index is 1.94. The number of anilines is 1. The summed E-state index contributed by atoms with van der Waals surface area (Å²) in [5.74, 6) is 2.07. The molecule has 2 aromatic carbocycles. The third kappa shape index (κ3) is 3.30. The third-order valence-electron chi connectivity index (χ3n) is 3.10. The summed E-state index contributed by atoms with van der Waals surface area (Å²) in [6, 6.07) is 14.8. The molecule has 94 valence electrons. The van der Waals surface area contributed by atoms with Gasteiger partial charge in [0.2, 0.25) is 0 Å². The number of aryl methyl sites for hydroxylation is 1. The van der Waals surface area contributed by atoms with Crippen molar-refractivity contribution in [1.29, 1.82) is 0 Å². The Bertz CT molecular complexity index is 534. The van der Waals surface area contributed by atoms with Gasteiger partial charge in [-0.3, -0.25) is 0 Å². The number of hydrogen-bond acceptors (Lipinski definition) is 2. The minimum Gasteiger partial charge on any atom is -0.399 e. The van der Waals surface area contributed by atoms with Crippen molar-refractivity contribution >= 4 is 17.4 Å². The molecule has 0 fully saturated rings. The first-order valence-electron chi connectivity index (χ1n) is 6.14. The molecule has 0 aromatic heterocycles. The molecule has 2 N–H and O–H groups in total. The molecular formula is C16H19NS. The summed E-state index contributed by atoms with van der Waals surface area (Å²) >= 11 is 1.94. The van der Waals surface area contributed by atoms with Gasteiger partial charge in [0.25, 0.3) is 0 Å². The van der Waals surface area contributed by atoms with E-state index in [0.29, 0.717) is 0 Å². The Morgan fingerprint density at radius 3 is 2.56 bits per heavy atom. The highest BCUT2D eigenvalue weighted by Crippen LogP contribution is 2.23. The lowest BCUT2D eigenvalue weighted by Gasteiger charge is -2.08. The maximum Gasteiger partial charge on any atom is 0.0346 e. The molecule has 0 aliphatic heterocycles. The van der Waals surface area contributed by atoms with E-state index in [4.69, 9.17) is 5.73 Å². The van der Waals surface area contributed by atoms with Gasteiger partial charge >= 0.3 is 0 Å². The Hall–Kier alpha value is -1.41. The van der Waals surface area contributed by atoms with E-state index in [0.717, 1.165) is 17.2 Å². The monoisotopic (exact) mass is 257 g/mol. The Morgan fingerprint density at radius 2 is 1.78 bits per heavy atom. The lowest BCUT2D eigenvalue weighted by Crippen LogP contribution is -1.94. The van der Waals surface area contributed by atoms with Crippen LogP contribution in [0.5, 0.6) is 0 Å². The predicted octanol–water partition coefficient (Wildman–Crippen LogP) is 4.32. The number of nitrogen functional groups attached to an aromatic ring is 1. The SMILES string of the molecule is Cc1cccc(CSCc2cccc(N)c2C)c1. The lowest BCUT2D eigenvalue weighted by atomic mass is 10.1. The van der Waals surface area contributed by atoms with Crippen LogP contribution < -0.4 is 5.73 Å². The second kappa shape index (κ2) is 5.96. The van der Waals surface area contributed by atoms with Gasteiger partial charge in [0.05, 0.1) is 0 Å². The Labute approximate surface area is 113 Å². The molecule has 0 radical (unpaired) electrons. The van der Waals surface area contributed by atoms with E-state index in [-0.39, 0.29) is 0 Å². The normalized spacial score (nSPS) is 10.6. The molecular weight excluding hydrogens is 238 g/mol. The van der Waals surface area contributed by atoms with Crippen LogP contribution in [0.25, 0.3) is 0 Å². The maximum atomic E-state index is 5.91. The zero-order valence-electron chi connectivity index (χ0n) is 10.9. The second-order valence-corrected chi connectivity index (χ2v) is 5.60. The van der Waals surface area contributed by atoms with Gasteiger partial charge in [0.15, 0.2) is 0 Å². The summed E-state index contributed by atoms with van der Waals surface area (Å²) in [5.41, 5.74) is 12.1. The quantitative estimate of drug-likeness (QED) is 0.826. The number of benzene rings is 2.